The molecule has 2 aromatic heterocycles. The average molecular weight is 693 g/mol. The first-order valence-corrected chi connectivity index (χ1v) is 18.7. The molecule has 0 amide bonds. The van der Waals surface area contributed by atoms with Crippen LogP contribution in [0.2, 0.25) is 0 Å². The SMILES string of the molecule is CC1(C)c2cc(-c3ccc(N(c4ccccc4)c4ccc(-c5ccccc5)cc4)cc3)ccc2-n2c3ccccc3c3c4oc5ccccc5c4cc1c32. The van der Waals surface area contributed by atoms with Crippen LogP contribution in [0, 0.1) is 0 Å². The number of hydrogen-bond donors (Lipinski definition) is 0. The van der Waals surface area contributed by atoms with Crippen LogP contribution in [-0.2, 0) is 5.41 Å². The van der Waals surface area contributed by atoms with Gasteiger partial charge in [-0.25, -0.2) is 0 Å². The first-order valence-electron chi connectivity index (χ1n) is 18.7. The fourth-order valence-electron chi connectivity index (χ4n) is 8.88. The number of rotatable bonds is 5. The normalized spacial score (nSPS) is 13.1. The molecule has 0 atom stereocenters. The minimum atomic E-state index is -0.253. The quantitative estimate of drug-likeness (QED) is 0.179. The molecule has 11 rings (SSSR count). The molecule has 3 nitrogen and oxygen atoms in total. The van der Waals surface area contributed by atoms with Gasteiger partial charge in [-0.1, -0.05) is 129 Å². The van der Waals surface area contributed by atoms with Crippen molar-refractivity contribution < 1.29 is 4.42 Å². The van der Waals surface area contributed by atoms with Gasteiger partial charge >= 0.3 is 0 Å². The lowest BCUT2D eigenvalue weighted by Crippen LogP contribution is -2.26. The smallest absolute Gasteiger partial charge is 0.145 e. The number of para-hydroxylation sites is 3. The first-order chi connectivity index (χ1) is 26.5. The van der Waals surface area contributed by atoms with E-state index in [-0.39, 0.29) is 5.41 Å². The molecule has 0 N–H and O–H groups in total. The lowest BCUT2D eigenvalue weighted by Gasteiger charge is -2.35. The number of fused-ring (bicyclic) bond motifs is 9. The Balaban J connectivity index is 1.03. The van der Waals surface area contributed by atoms with Crippen LogP contribution in [0.25, 0.3) is 71.7 Å². The molecule has 3 heteroatoms. The van der Waals surface area contributed by atoms with E-state index in [1.54, 1.807) is 0 Å². The van der Waals surface area contributed by atoms with Crippen molar-refractivity contribution in [1.82, 2.24) is 4.57 Å². The van der Waals surface area contributed by atoms with Crippen molar-refractivity contribution in [1.29, 1.82) is 0 Å². The van der Waals surface area contributed by atoms with Gasteiger partial charge in [-0.3, -0.25) is 0 Å². The number of aromatic nitrogens is 1. The molecule has 0 unspecified atom stereocenters. The number of benzene rings is 8. The Morgan fingerprint density at radius 1 is 0.463 bits per heavy atom. The van der Waals surface area contributed by atoms with E-state index in [1.807, 2.05) is 0 Å². The third-order valence-corrected chi connectivity index (χ3v) is 11.6. The lowest BCUT2D eigenvalue weighted by atomic mass is 9.73. The van der Waals surface area contributed by atoms with E-state index in [9.17, 15) is 0 Å². The Morgan fingerprint density at radius 3 is 1.74 bits per heavy atom. The molecule has 1 aliphatic rings. The van der Waals surface area contributed by atoms with E-state index in [4.69, 9.17) is 4.42 Å². The van der Waals surface area contributed by atoms with Gasteiger partial charge in [0.25, 0.3) is 0 Å². The van der Waals surface area contributed by atoms with E-state index < -0.39 is 0 Å². The Labute approximate surface area is 314 Å². The fourth-order valence-corrected chi connectivity index (χ4v) is 8.88. The van der Waals surface area contributed by atoms with Crippen LogP contribution in [0.15, 0.2) is 186 Å². The van der Waals surface area contributed by atoms with Crippen LogP contribution in [0.5, 0.6) is 0 Å². The molecule has 0 saturated heterocycles. The van der Waals surface area contributed by atoms with Crippen LogP contribution in [0.1, 0.15) is 25.0 Å². The summed E-state index contributed by atoms with van der Waals surface area (Å²) in [4.78, 5) is 2.33. The summed E-state index contributed by atoms with van der Waals surface area (Å²) in [5, 5.41) is 4.76. The Bertz CT molecular complexity index is 3040. The predicted octanol–water partition coefficient (Wildman–Crippen LogP) is 14.1. The molecule has 54 heavy (non-hydrogen) atoms. The van der Waals surface area contributed by atoms with Crippen LogP contribution in [-0.4, -0.2) is 4.57 Å². The monoisotopic (exact) mass is 692 g/mol. The molecule has 0 radical (unpaired) electrons. The molecule has 3 heterocycles. The van der Waals surface area contributed by atoms with Crippen molar-refractivity contribution in [3.63, 3.8) is 0 Å². The molecule has 0 saturated carbocycles. The molecule has 0 bridgehead atoms. The van der Waals surface area contributed by atoms with Crippen molar-refractivity contribution >= 4 is 60.8 Å². The molecule has 1 aliphatic heterocycles. The summed E-state index contributed by atoms with van der Waals surface area (Å²) in [5.41, 5.74) is 16.1. The van der Waals surface area contributed by atoms with Crippen LogP contribution in [0.4, 0.5) is 17.1 Å². The van der Waals surface area contributed by atoms with E-state index in [1.165, 1.54) is 66.3 Å². The molecular weight excluding hydrogens is 657 g/mol. The lowest BCUT2D eigenvalue weighted by molar-refractivity contribution is 0.630. The second-order valence-electron chi connectivity index (χ2n) is 15.0. The molecule has 10 aromatic rings. The summed E-state index contributed by atoms with van der Waals surface area (Å²) >= 11 is 0. The van der Waals surface area contributed by atoms with Gasteiger partial charge in [0.1, 0.15) is 11.2 Å². The van der Waals surface area contributed by atoms with E-state index in [0.29, 0.717) is 0 Å². The third kappa shape index (κ3) is 4.48. The highest BCUT2D eigenvalue weighted by atomic mass is 16.3. The molecule has 8 aromatic carbocycles. The molecule has 0 aliphatic carbocycles. The number of anilines is 3. The summed E-state index contributed by atoms with van der Waals surface area (Å²) in [6.45, 7) is 4.76. The van der Waals surface area contributed by atoms with Gasteiger partial charge in [-0.2, -0.15) is 0 Å². The van der Waals surface area contributed by atoms with Crippen molar-refractivity contribution in [3.05, 3.63) is 193 Å². The van der Waals surface area contributed by atoms with E-state index >= 15 is 0 Å². The first kappa shape index (κ1) is 30.8. The summed E-state index contributed by atoms with van der Waals surface area (Å²) in [6, 6.07) is 65.7. The Hall–Kier alpha value is -6.84. The second-order valence-corrected chi connectivity index (χ2v) is 15.0. The van der Waals surface area contributed by atoms with Crippen molar-refractivity contribution in [2.24, 2.45) is 0 Å². The number of nitrogens with zero attached hydrogens (tertiary/aromatic N) is 2. The van der Waals surface area contributed by atoms with Gasteiger partial charge in [0, 0.05) is 38.6 Å². The maximum Gasteiger partial charge on any atom is 0.145 e. The second kappa shape index (κ2) is 11.6. The summed E-state index contributed by atoms with van der Waals surface area (Å²) < 4.78 is 9.11. The highest BCUT2D eigenvalue weighted by Crippen LogP contribution is 2.51. The summed E-state index contributed by atoms with van der Waals surface area (Å²) in [7, 11) is 0. The maximum absolute atomic E-state index is 6.63. The van der Waals surface area contributed by atoms with Gasteiger partial charge in [0.15, 0.2) is 0 Å². The van der Waals surface area contributed by atoms with Gasteiger partial charge in [0.2, 0.25) is 0 Å². The van der Waals surface area contributed by atoms with Crippen molar-refractivity contribution in [3.8, 4) is 27.9 Å². The van der Waals surface area contributed by atoms with Crippen LogP contribution >= 0.6 is 0 Å². The zero-order valence-electron chi connectivity index (χ0n) is 30.1. The van der Waals surface area contributed by atoms with Gasteiger partial charge in [-0.05, 0) is 100 Å². The van der Waals surface area contributed by atoms with E-state index in [0.717, 1.165) is 33.6 Å². The largest absolute Gasteiger partial charge is 0.455 e. The minimum Gasteiger partial charge on any atom is -0.455 e. The van der Waals surface area contributed by atoms with Crippen LogP contribution in [0.3, 0.4) is 0 Å². The number of hydrogen-bond acceptors (Lipinski definition) is 2. The molecule has 256 valence electrons. The molecule has 0 spiro atoms. The van der Waals surface area contributed by atoms with Gasteiger partial charge < -0.3 is 13.9 Å². The molecule has 0 fully saturated rings. The van der Waals surface area contributed by atoms with E-state index in [2.05, 4.69) is 205 Å². The summed E-state index contributed by atoms with van der Waals surface area (Å²) in [5.74, 6) is 0. The van der Waals surface area contributed by atoms with Crippen LogP contribution < -0.4 is 4.90 Å². The van der Waals surface area contributed by atoms with Crippen molar-refractivity contribution in [2.75, 3.05) is 4.90 Å². The molecular formula is C51H36N2O. The fraction of sp³-hybridized carbons (Fsp3) is 0.0588. The zero-order chi connectivity index (χ0) is 36.0. The van der Waals surface area contributed by atoms with Gasteiger partial charge in [-0.15, -0.1) is 0 Å². The van der Waals surface area contributed by atoms with Crippen molar-refractivity contribution in [2.45, 2.75) is 19.3 Å². The number of furan rings is 1. The standard InChI is InChI=1S/C51H36N2O/c1-51(2)43-31-36(35-23-28-39(29-24-35)52(37-15-7-4-8-16-37)38-26-21-34(22-27-38)33-13-5-3-6-14-33)25-30-46(43)53-45-19-11-9-18-41(45)48-49(53)44(51)32-42-40-17-10-12-20-47(40)54-50(42)48/h3-32H,1-2H3. The third-order valence-electron chi connectivity index (χ3n) is 11.6. The zero-order valence-corrected chi connectivity index (χ0v) is 30.1. The topological polar surface area (TPSA) is 21.3 Å². The average Bonchev–Trinajstić information content (AvgIpc) is 3.78. The highest BCUT2D eigenvalue weighted by molar-refractivity contribution is 6.25. The van der Waals surface area contributed by atoms with Gasteiger partial charge in [0.05, 0.1) is 22.1 Å². The Kier molecular flexibility index (Phi) is 6.60. The predicted molar refractivity (Wildman–Crippen MR) is 226 cm³/mol. The Morgan fingerprint density at radius 2 is 1.02 bits per heavy atom. The highest BCUT2D eigenvalue weighted by Gasteiger charge is 2.37. The maximum atomic E-state index is 6.63. The summed E-state index contributed by atoms with van der Waals surface area (Å²) in [6.07, 6.45) is 0. The minimum absolute atomic E-state index is 0.253.